The molecule has 1 saturated heterocycles. The number of rotatable bonds is 2. The molecule has 2 aromatic carbocycles. The first-order valence-electron chi connectivity index (χ1n) is 7.57. The van der Waals surface area contributed by atoms with Crippen LogP contribution in [-0.4, -0.2) is 36.3 Å². The van der Waals surface area contributed by atoms with Gasteiger partial charge in [-0.25, -0.2) is 9.97 Å². The zero-order valence-electron chi connectivity index (χ0n) is 12.3. The van der Waals surface area contributed by atoms with Crippen LogP contribution in [-0.2, 0) is 4.74 Å². The lowest BCUT2D eigenvalue weighted by atomic mass is 10.1. The van der Waals surface area contributed by atoms with Crippen molar-refractivity contribution in [2.75, 3.05) is 31.2 Å². The van der Waals surface area contributed by atoms with Gasteiger partial charge in [0.05, 0.1) is 24.4 Å². The fourth-order valence-corrected chi connectivity index (χ4v) is 2.79. The molecule has 1 fully saturated rings. The Hall–Kier alpha value is -2.46. The van der Waals surface area contributed by atoms with Gasteiger partial charge in [0.1, 0.15) is 0 Å². The molecule has 22 heavy (non-hydrogen) atoms. The van der Waals surface area contributed by atoms with Gasteiger partial charge in [-0.15, -0.1) is 0 Å². The average molecular weight is 291 g/mol. The van der Waals surface area contributed by atoms with E-state index < -0.39 is 0 Å². The molecule has 4 nitrogen and oxygen atoms in total. The number of anilines is 1. The molecule has 0 saturated carbocycles. The maximum absolute atomic E-state index is 5.43. The van der Waals surface area contributed by atoms with Crippen molar-refractivity contribution in [1.82, 2.24) is 9.97 Å². The van der Waals surface area contributed by atoms with Crippen LogP contribution in [0.15, 0.2) is 54.6 Å². The first kappa shape index (κ1) is 13.2. The Morgan fingerprint density at radius 2 is 1.55 bits per heavy atom. The molecule has 0 spiro atoms. The molecule has 110 valence electrons. The van der Waals surface area contributed by atoms with Crippen molar-refractivity contribution in [1.29, 1.82) is 0 Å². The van der Waals surface area contributed by atoms with Gasteiger partial charge in [0, 0.05) is 24.0 Å². The highest BCUT2D eigenvalue weighted by atomic mass is 16.5. The maximum atomic E-state index is 5.43. The molecule has 1 aromatic heterocycles. The van der Waals surface area contributed by atoms with Crippen LogP contribution in [0.2, 0.25) is 0 Å². The van der Waals surface area contributed by atoms with Gasteiger partial charge in [0.25, 0.3) is 0 Å². The lowest BCUT2D eigenvalue weighted by Gasteiger charge is -2.27. The zero-order valence-corrected chi connectivity index (χ0v) is 12.3. The molecule has 0 atom stereocenters. The predicted molar refractivity (Wildman–Crippen MR) is 88.0 cm³/mol. The van der Waals surface area contributed by atoms with Gasteiger partial charge in [0.15, 0.2) is 0 Å². The van der Waals surface area contributed by atoms with E-state index in [-0.39, 0.29) is 0 Å². The van der Waals surface area contributed by atoms with Gasteiger partial charge < -0.3 is 9.64 Å². The molecule has 1 aliphatic rings. The summed E-state index contributed by atoms with van der Waals surface area (Å²) in [6.07, 6.45) is 0. The molecule has 0 amide bonds. The number of ether oxygens (including phenoxy) is 1. The maximum Gasteiger partial charge on any atom is 0.226 e. The van der Waals surface area contributed by atoms with E-state index in [4.69, 9.17) is 14.7 Å². The average Bonchev–Trinajstić information content (AvgIpc) is 2.62. The first-order chi connectivity index (χ1) is 10.9. The van der Waals surface area contributed by atoms with E-state index in [2.05, 4.69) is 23.1 Å². The molecule has 0 bridgehead atoms. The van der Waals surface area contributed by atoms with Crippen molar-refractivity contribution in [2.24, 2.45) is 0 Å². The molecule has 4 heteroatoms. The number of hydrogen-bond donors (Lipinski definition) is 0. The Bertz CT molecular complexity index is 783. The minimum atomic E-state index is 0.733. The summed E-state index contributed by atoms with van der Waals surface area (Å²) in [4.78, 5) is 11.8. The fraction of sp³-hybridized carbons (Fsp3) is 0.222. The van der Waals surface area contributed by atoms with Gasteiger partial charge in [0.2, 0.25) is 5.95 Å². The topological polar surface area (TPSA) is 38.2 Å². The lowest BCUT2D eigenvalue weighted by Crippen LogP contribution is -2.37. The number of benzene rings is 2. The molecule has 4 rings (SSSR count). The van der Waals surface area contributed by atoms with Crippen molar-refractivity contribution >= 4 is 16.9 Å². The van der Waals surface area contributed by atoms with Crippen LogP contribution < -0.4 is 4.90 Å². The highest BCUT2D eigenvalue weighted by Gasteiger charge is 2.16. The SMILES string of the molecule is c1ccc(-c2nc(N3CCOCC3)nc3ccccc23)cc1. The Morgan fingerprint density at radius 3 is 2.36 bits per heavy atom. The summed E-state index contributed by atoms with van der Waals surface area (Å²) in [5.41, 5.74) is 3.10. The minimum absolute atomic E-state index is 0.733. The van der Waals surface area contributed by atoms with E-state index in [0.29, 0.717) is 0 Å². The van der Waals surface area contributed by atoms with Gasteiger partial charge in [-0.3, -0.25) is 0 Å². The second kappa shape index (κ2) is 5.73. The third kappa shape index (κ3) is 2.42. The summed E-state index contributed by atoms with van der Waals surface area (Å²) in [6.45, 7) is 3.15. The van der Waals surface area contributed by atoms with Crippen molar-refractivity contribution in [3.05, 3.63) is 54.6 Å². The number of nitrogens with zero attached hydrogens (tertiary/aromatic N) is 3. The van der Waals surface area contributed by atoms with E-state index >= 15 is 0 Å². The van der Waals surface area contributed by atoms with Crippen LogP contribution >= 0.6 is 0 Å². The number of aromatic nitrogens is 2. The summed E-state index contributed by atoms with van der Waals surface area (Å²) >= 11 is 0. The van der Waals surface area contributed by atoms with Crippen LogP contribution in [0, 0.1) is 0 Å². The molecular weight excluding hydrogens is 274 g/mol. The van der Waals surface area contributed by atoms with E-state index in [0.717, 1.165) is 54.4 Å². The van der Waals surface area contributed by atoms with Crippen LogP contribution in [0.5, 0.6) is 0 Å². The number of morpholine rings is 1. The fourth-order valence-electron chi connectivity index (χ4n) is 2.79. The van der Waals surface area contributed by atoms with Crippen molar-refractivity contribution in [3.63, 3.8) is 0 Å². The summed E-state index contributed by atoms with van der Waals surface area (Å²) in [5.74, 6) is 0.792. The minimum Gasteiger partial charge on any atom is -0.378 e. The Kier molecular flexibility index (Phi) is 3.45. The summed E-state index contributed by atoms with van der Waals surface area (Å²) in [6, 6.07) is 18.5. The predicted octanol–water partition coefficient (Wildman–Crippen LogP) is 3.13. The third-order valence-electron chi connectivity index (χ3n) is 3.93. The quantitative estimate of drug-likeness (QED) is 0.727. The largest absolute Gasteiger partial charge is 0.378 e. The Morgan fingerprint density at radius 1 is 0.818 bits per heavy atom. The molecule has 3 aromatic rings. The number of fused-ring (bicyclic) bond motifs is 1. The first-order valence-corrected chi connectivity index (χ1v) is 7.57. The van der Waals surface area contributed by atoms with Gasteiger partial charge in [-0.1, -0.05) is 48.5 Å². The second-order valence-corrected chi connectivity index (χ2v) is 5.35. The van der Waals surface area contributed by atoms with Crippen molar-refractivity contribution in [2.45, 2.75) is 0 Å². The monoisotopic (exact) mass is 291 g/mol. The highest BCUT2D eigenvalue weighted by molar-refractivity contribution is 5.93. The van der Waals surface area contributed by atoms with Gasteiger partial charge >= 0.3 is 0 Å². The number of hydrogen-bond acceptors (Lipinski definition) is 4. The molecule has 0 radical (unpaired) electrons. The second-order valence-electron chi connectivity index (χ2n) is 5.35. The van der Waals surface area contributed by atoms with Gasteiger partial charge in [-0.05, 0) is 6.07 Å². The highest BCUT2D eigenvalue weighted by Crippen LogP contribution is 2.28. The smallest absolute Gasteiger partial charge is 0.226 e. The zero-order chi connectivity index (χ0) is 14.8. The van der Waals surface area contributed by atoms with Crippen LogP contribution in [0.25, 0.3) is 22.2 Å². The van der Waals surface area contributed by atoms with Crippen LogP contribution in [0.3, 0.4) is 0 Å². The summed E-state index contributed by atoms with van der Waals surface area (Å²) in [7, 11) is 0. The third-order valence-corrected chi connectivity index (χ3v) is 3.93. The normalized spacial score (nSPS) is 15.2. The standard InChI is InChI=1S/C18H17N3O/c1-2-6-14(7-3-1)17-15-8-4-5-9-16(15)19-18(20-17)21-10-12-22-13-11-21/h1-9H,10-13H2. The van der Waals surface area contributed by atoms with Crippen LogP contribution in [0.1, 0.15) is 0 Å². The lowest BCUT2D eigenvalue weighted by molar-refractivity contribution is 0.122. The molecule has 1 aliphatic heterocycles. The Labute approximate surface area is 129 Å². The van der Waals surface area contributed by atoms with Crippen molar-refractivity contribution < 1.29 is 4.74 Å². The van der Waals surface area contributed by atoms with Crippen LogP contribution in [0.4, 0.5) is 5.95 Å². The van der Waals surface area contributed by atoms with Gasteiger partial charge in [-0.2, -0.15) is 0 Å². The molecule has 0 unspecified atom stereocenters. The number of para-hydroxylation sites is 1. The molecule has 0 aliphatic carbocycles. The molecule has 2 heterocycles. The van der Waals surface area contributed by atoms with E-state index in [1.165, 1.54) is 0 Å². The van der Waals surface area contributed by atoms with E-state index in [9.17, 15) is 0 Å². The summed E-state index contributed by atoms with van der Waals surface area (Å²) < 4.78 is 5.43. The van der Waals surface area contributed by atoms with Crippen molar-refractivity contribution in [3.8, 4) is 11.3 Å². The van der Waals surface area contributed by atoms with E-state index in [1.807, 2.05) is 36.4 Å². The van der Waals surface area contributed by atoms with E-state index in [1.54, 1.807) is 0 Å². The molecule has 0 N–H and O–H groups in total. The summed E-state index contributed by atoms with van der Waals surface area (Å²) in [5, 5.41) is 1.09. The molecular formula is C18H17N3O. The Balaban J connectivity index is 1.89.